The molecule has 20 heavy (non-hydrogen) atoms. The summed E-state index contributed by atoms with van der Waals surface area (Å²) >= 11 is 0. The summed E-state index contributed by atoms with van der Waals surface area (Å²) < 4.78 is 0. The fourth-order valence-electron chi connectivity index (χ4n) is 1.08. The van der Waals surface area contributed by atoms with Crippen LogP contribution in [0.3, 0.4) is 0 Å². The van der Waals surface area contributed by atoms with E-state index in [0.29, 0.717) is 12.1 Å². The van der Waals surface area contributed by atoms with Gasteiger partial charge in [0.1, 0.15) is 0 Å². The summed E-state index contributed by atoms with van der Waals surface area (Å²) in [7, 11) is 0. The number of hydrogen-bond acceptors (Lipinski definition) is 1. The van der Waals surface area contributed by atoms with Crippen molar-refractivity contribution in [2.45, 2.75) is 67.0 Å². The second-order valence-corrected chi connectivity index (χ2v) is 4.78. The van der Waals surface area contributed by atoms with Gasteiger partial charge in [0.2, 0.25) is 0 Å². The molecule has 1 rings (SSSR count). The van der Waals surface area contributed by atoms with Crippen LogP contribution in [-0.2, 0) is 0 Å². The van der Waals surface area contributed by atoms with Crippen LogP contribution < -0.4 is 0 Å². The molecule has 2 nitrogen and oxygen atoms in total. The number of allylic oxidation sites excluding steroid dienone is 4. The van der Waals surface area contributed by atoms with Crippen molar-refractivity contribution in [1.29, 1.82) is 0 Å². The maximum absolute atomic E-state index is 4.19. The molecule has 0 amide bonds. The SMILES string of the molecule is CCN([C-]=NC(C)C)C(C)C.C[CH-]C.[C-]1=CC=CC1.[Gd+3]. The Kier molecular flexibility index (Phi) is 24.3. The molecule has 1 aliphatic carbocycles. The molecule has 0 fully saturated rings. The number of aliphatic imine (C=N–C) groups is 1. The average Bonchev–Trinajstić information content (AvgIpc) is 2.88. The Balaban J connectivity index is -0.000000266. The summed E-state index contributed by atoms with van der Waals surface area (Å²) in [6.45, 7) is 15.5. The molecule has 0 aromatic rings. The second kappa shape index (κ2) is 19.3. The van der Waals surface area contributed by atoms with Crippen LogP contribution in [0.1, 0.15) is 54.9 Å². The van der Waals surface area contributed by atoms with Gasteiger partial charge in [-0.25, -0.2) is 12.2 Å². The molecule has 3 heteroatoms. The Morgan fingerprint density at radius 3 is 2.05 bits per heavy atom. The summed E-state index contributed by atoms with van der Waals surface area (Å²) in [6.07, 6.45) is 15.0. The molecular weight excluding hydrogens is 389 g/mol. The molecule has 0 N–H and O–H groups in total. The minimum atomic E-state index is 0. The zero-order valence-electron chi connectivity index (χ0n) is 14.1. The first kappa shape index (κ1) is 25.2. The minimum absolute atomic E-state index is 0. The van der Waals surface area contributed by atoms with Gasteiger partial charge in [-0.15, -0.1) is 6.42 Å². The van der Waals surface area contributed by atoms with Crippen molar-refractivity contribution in [3.8, 4) is 0 Å². The van der Waals surface area contributed by atoms with Gasteiger partial charge in [0.25, 0.3) is 0 Å². The van der Waals surface area contributed by atoms with Crippen molar-refractivity contribution < 1.29 is 39.9 Å². The molecular formula is C17H31GdN2. The largest absolute Gasteiger partial charge is 3.00 e. The molecule has 0 aromatic carbocycles. The van der Waals surface area contributed by atoms with Crippen LogP contribution in [0.5, 0.6) is 0 Å². The molecule has 0 heterocycles. The first-order valence-electron chi connectivity index (χ1n) is 7.17. The smallest absolute Gasteiger partial charge is 0.536 e. The van der Waals surface area contributed by atoms with E-state index in [1.165, 1.54) is 0 Å². The number of rotatable bonds is 4. The number of nitrogens with zero attached hydrogens (tertiary/aromatic N) is 2. The molecule has 0 saturated carbocycles. The molecule has 0 aliphatic heterocycles. The van der Waals surface area contributed by atoms with Gasteiger partial charge in [0, 0.05) is 6.04 Å². The van der Waals surface area contributed by atoms with Crippen molar-refractivity contribution in [2.24, 2.45) is 4.99 Å². The molecule has 1 radical (unpaired) electrons. The monoisotopic (exact) mass is 421 g/mol. The predicted molar refractivity (Wildman–Crippen MR) is 87.3 cm³/mol. The van der Waals surface area contributed by atoms with Crippen LogP contribution in [0.4, 0.5) is 0 Å². The standard InChI is InChI=1S/C9H19N2.C5H5.C3H7.Gd/c1-6-11(9(4)5)7-10-8(2)3;1-2-4-5-3-1;1-3-2;/h8-9H,6H2,1-5H3;1-3H,4H2;3H,1-2H3;/q3*-1;+3. The fourth-order valence-corrected chi connectivity index (χ4v) is 1.08. The van der Waals surface area contributed by atoms with Gasteiger partial charge in [-0.05, 0) is 40.3 Å². The Morgan fingerprint density at radius 2 is 1.85 bits per heavy atom. The van der Waals surface area contributed by atoms with E-state index in [-0.39, 0.29) is 39.9 Å². The zero-order chi connectivity index (χ0) is 15.1. The van der Waals surface area contributed by atoms with Gasteiger partial charge in [0.15, 0.2) is 0 Å². The third-order valence-electron chi connectivity index (χ3n) is 1.99. The summed E-state index contributed by atoms with van der Waals surface area (Å²) in [6, 6.07) is 0.852. The van der Waals surface area contributed by atoms with Crippen molar-refractivity contribution in [3.63, 3.8) is 0 Å². The summed E-state index contributed by atoms with van der Waals surface area (Å²) in [5, 5.41) is 0. The quantitative estimate of drug-likeness (QED) is 0.282. The van der Waals surface area contributed by atoms with E-state index in [1.807, 2.05) is 32.4 Å². The minimum Gasteiger partial charge on any atom is -0.536 e. The second-order valence-electron chi connectivity index (χ2n) is 4.78. The Bertz CT molecular complexity index is 246. The molecule has 0 bridgehead atoms. The van der Waals surface area contributed by atoms with Crippen LogP contribution in [0.25, 0.3) is 0 Å². The van der Waals surface area contributed by atoms with E-state index in [2.05, 4.69) is 63.0 Å². The van der Waals surface area contributed by atoms with Gasteiger partial charge in [-0.2, -0.15) is 19.9 Å². The van der Waals surface area contributed by atoms with Crippen LogP contribution in [0.2, 0.25) is 0 Å². The van der Waals surface area contributed by atoms with E-state index >= 15 is 0 Å². The first-order chi connectivity index (χ1) is 8.99. The van der Waals surface area contributed by atoms with Gasteiger partial charge in [-0.1, -0.05) is 6.92 Å². The average molecular weight is 421 g/mol. The fraction of sp³-hybridized carbons (Fsp3) is 0.647. The Hall–Kier alpha value is 0.275. The Labute approximate surface area is 159 Å². The molecule has 0 unspecified atom stereocenters. The van der Waals surface area contributed by atoms with E-state index in [9.17, 15) is 0 Å². The molecule has 0 saturated heterocycles. The third kappa shape index (κ3) is 20.6. The summed E-state index contributed by atoms with van der Waals surface area (Å²) in [4.78, 5) is 6.29. The van der Waals surface area contributed by atoms with Crippen LogP contribution in [0.15, 0.2) is 23.2 Å². The van der Waals surface area contributed by atoms with E-state index in [4.69, 9.17) is 0 Å². The summed E-state index contributed by atoms with van der Waals surface area (Å²) in [5.74, 6) is 0. The van der Waals surface area contributed by atoms with Crippen molar-refractivity contribution in [1.82, 2.24) is 4.90 Å². The van der Waals surface area contributed by atoms with Crippen molar-refractivity contribution >= 4 is 6.34 Å². The maximum Gasteiger partial charge on any atom is 3.00 e. The topological polar surface area (TPSA) is 15.6 Å². The number of hydrogen-bond donors (Lipinski definition) is 0. The van der Waals surface area contributed by atoms with E-state index in [0.717, 1.165) is 13.0 Å². The van der Waals surface area contributed by atoms with Crippen LogP contribution in [-0.4, -0.2) is 29.9 Å². The van der Waals surface area contributed by atoms with Crippen molar-refractivity contribution in [3.05, 3.63) is 30.7 Å². The van der Waals surface area contributed by atoms with Crippen LogP contribution in [0, 0.1) is 52.4 Å². The van der Waals surface area contributed by atoms with Gasteiger partial charge >= 0.3 is 39.9 Å². The molecule has 0 aromatic heterocycles. The third-order valence-corrected chi connectivity index (χ3v) is 1.99. The van der Waals surface area contributed by atoms with Crippen LogP contribution >= 0.6 is 0 Å². The first-order valence-corrected chi connectivity index (χ1v) is 7.17. The van der Waals surface area contributed by atoms with Gasteiger partial charge in [0.05, 0.1) is 0 Å². The van der Waals surface area contributed by atoms with Gasteiger partial charge in [-0.3, -0.25) is 12.4 Å². The van der Waals surface area contributed by atoms with Crippen molar-refractivity contribution in [2.75, 3.05) is 6.54 Å². The van der Waals surface area contributed by atoms with E-state index < -0.39 is 0 Å². The predicted octanol–water partition coefficient (Wildman–Crippen LogP) is 4.57. The molecule has 1 aliphatic rings. The molecule has 117 valence electrons. The van der Waals surface area contributed by atoms with Gasteiger partial charge < -0.3 is 16.3 Å². The normalized spacial score (nSPS) is 11.8. The molecule has 0 atom stereocenters. The Morgan fingerprint density at radius 1 is 1.30 bits per heavy atom. The molecule has 0 spiro atoms. The van der Waals surface area contributed by atoms with E-state index in [1.54, 1.807) is 0 Å². The summed E-state index contributed by atoms with van der Waals surface area (Å²) in [5.41, 5.74) is 0. The zero-order valence-corrected chi connectivity index (χ0v) is 16.4. The maximum atomic E-state index is 4.19.